The maximum absolute atomic E-state index is 13.2. The van der Waals surface area contributed by atoms with Gasteiger partial charge in [-0.2, -0.15) is 0 Å². The zero-order valence-electron chi connectivity index (χ0n) is 48.8. The summed E-state index contributed by atoms with van der Waals surface area (Å²) < 4.78 is 28.3. The van der Waals surface area contributed by atoms with Crippen molar-refractivity contribution in [1.82, 2.24) is 0 Å². The third-order valence-corrected chi connectivity index (χ3v) is 12.7. The zero-order chi connectivity index (χ0) is 57.5. The summed E-state index contributed by atoms with van der Waals surface area (Å²) in [5, 5.41) is 31.5. The SMILES string of the molecule is CC/C=C\C/C=C\C/C=C\C/C=C\C/C=C\CC(=O)OC1C(OCC(COC(=O)CCCCCC/C=C\C/C=C\C/C=C\C/C=C\CC)OC(=O)CCCCCCCCC/C=C\C/C=C\CCCCC)OC(C(=O)O)C(O)C1O. The molecule has 79 heavy (non-hydrogen) atoms. The molecule has 0 bridgehead atoms. The summed E-state index contributed by atoms with van der Waals surface area (Å²) in [6.45, 7) is 5.66. The number of aliphatic hydroxyl groups excluding tert-OH is 2. The Morgan fingerprint density at radius 3 is 1.28 bits per heavy atom. The average Bonchev–Trinajstić information content (AvgIpc) is 3.43. The van der Waals surface area contributed by atoms with Gasteiger partial charge in [0.2, 0.25) is 0 Å². The topological polar surface area (TPSA) is 175 Å². The first-order valence-electron chi connectivity index (χ1n) is 30.2. The van der Waals surface area contributed by atoms with Crippen molar-refractivity contribution in [3.05, 3.63) is 134 Å². The van der Waals surface area contributed by atoms with Gasteiger partial charge in [-0.1, -0.05) is 212 Å². The molecule has 3 N–H and O–H groups in total. The number of unbranched alkanes of at least 4 members (excludes halogenated alkanes) is 14. The van der Waals surface area contributed by atoms with E-state index >= 15 is 0 Å². The molecule has 0 saturated carbocycles. The number of hydrogen-bond donors (Lipinski definition) is 3. The lowest BCUT2D eigenvalue weighted by molar-refractivity contribution is -0.301. The molecule has 0 aromatic rings. The molecule has 1 fully saturated rings. The fourth-order valence-electron chi connectivity index (χ4n) is 8.17. The predicted molar refractivity (Wildman–Crippen MR) is 321 cm³/mol. The predicted octanol–water partition coefficient (Wildman–Crippen LogP) is 15.8. The van der Waals surface area contributed by atoms with E-state index in [2.05, 4.69) is 130 Å². The van der Waals surface area contributed by atoms with Crippen molar-refractivity contribution in [3.8, 4) is 0 Å². The van der Waals surface area contributed by atoms with Crippen LogP contribution in [0, 0.1) is 0 Å². The van der Waals surface area contributed by atoms with E-state index in [1.54, 1.807) is 12.2 Å². The molecule has 0 spiro atoms. The molecule has 12 heteroatoms. The standard InChI is InChI=1S/C67H104O12/c1-4-7-10-13-16-19-22-25-28-30-33-35-38-41-44-47-50-53-59(68)75-56-58(77-60(69)54-51-48-45-42-39-37-34-31-29-26-23-20-17-14-11-8-5-2)57-76-67-65(63(72)62(71)64(79-67)66(73)74)78-61(70)55-52-49-46-43-40-36-32-27-24-21-18-15-12-9-6-3/h7,9-10,12,16-21,25-29,32-33,35,40,43,49,52,58,62-65,67,71-72H,4-6,8,11,13-15,22-24,30-31,34,36-39,41-42,44-48,50-51,53-57H2,1-3H3,(H,73,74)/b10-7-,12-9-,19-16-,20-17-,21-18-,28-25-,29-26-,32-27-,35-33-,43-40-,52-49-. The Kier molecular flexibility index (Phi) is 48.7. The highest BCUT2D eigenvalue weighted by Crippen LogP contribution is 2.26. The number of carbonyl (C=O) groups is 4. The van der Waals surface area contributed by atoms with E-state index in [0.717, 1.165) is 135 Å². The van der Waals surface area contributed by atoms with Gasteiger partial charge in [0.15, 0.2) is 24.6 Å². The van der Waals surface area contributed by atoms with Crippen molar-refractivity contribution >= 4 is 23.9 Å². The third kappa shape index (κ3) is 43.4. The van der Waals surface area contributed by atoms with Gasteiger partial charge in [0.05, 0.1) is 13.0 Å². The van der Waals surface area contributed by atoms with E-state index in [4.69, 9.17) is 23.7 Å². The Morgan fingerprint density at radius 2 is 0.835 bits per heavy atom. The highest BCUT2D eigenvalue weighted by atomic mass is 16.7. The second kappa shape index (κ2) is 53.5. The van der Waals surface area contributed by atoms with Crippen molar-refractivity contribution < 1.29 is 58.2 Å². The molecule has 0 radical (unpaired) electrons. The summed E-state index contributed by atoms with van der Waals surface area (Å²) in [6.07, 6.45) is 63.0. The van der Waals surface area contributed by atoms with E-state index < -0.39 is 67.3 Å². The minimum absolute atomic E-state index is 0.130. The molecule has 12 nitrogen and oxygen atoms in total. The molecule has 1 aliphatic rings. The van der Waals surface area contributed by atoms with Crippen LogP contribution in [0.2, 0.25) is 0 Å². The molecule has 1 heterocycles. The van der Waals surface area contributed by atoms with Crippen molar-refractivity contribution in [2.45, 2.75) is 250 Å². The highest BCUT2D eigenvalue weighted by molar-refractivity contribution is 5.74. The molecule has 6 unspecified atom stereocenters. The molecular weight excluding hydrogens is 997 g/mol. The number of allylic oxidation sites excluding steroid dienone is 21. The average molecular weight is 1100 g/mol. The van der Waals surface area contributed by atoms with Gasteiger partial charge in [0.1, 0.15) is 18.8 Å². The Morgan fingerprint density at radius 1 is 0.443 bits per heavy atom. The minimum Gasteiger partial charge on any atom is -0.479 e. The van der Waals surface area contributed by atoms with Crippen LogP contribution in [0.1, 0.15) is 213 Å². The van der Waals surface area contributed by atoms with Crippen molar-refractivity contribution in [2.24, 2.45) is 0 Å². The van der Waals surface area contributed by atoms with Crippen LogP contribution in [-0.2, 0) is 42.9 Å². The largest absolute Gasteiger partial charge is 0.479 e. The first kappa shape index (κ1) is 71.9. The first-order valence-corrected chi connectivity index (χ1v) is 30.2. The zero-order valence-corrected chi connectivity index (χ0v) is 48.8. The smallest absolute Gasteiger partial charge is 0.335 e. The maximum Gasteiger partial charge on any atom is 0.335 e. The first-order chi connectivity index (χ1) is 38.6. The van der Waals surface area contributed by atoms with Gasteiger partial charge in [-0.3, -0.25) is 14.4 Å². The molecule has 0 aromatic heterocycles. The molecule has 6 atom stereocenters. The van der Waals surface area contributed by atoms with Crippen LogP contribution in [0.4, 0.5) is 0 Å². The third-order valence-electron chi connectivity index (χ3n) is 12.7. The van der Waals surface area contributed by atoms with Crippen LogP contribution in [0.3, 0.4) is 0 Å². The fraction of sp³-hybridized carbons (Fsp3) is 0.612. The lowest BCUT2D eigenvalue weighted by atomic mass is 9.98. The number of carboxylic acid groups (broad SMARTS) is 1. The van der Waals surface area contributed by atoms with Crippen LogP contribution in [0.5, 0.6) is 0 Å². The van der Waals surface area contributed by atoms with Crippen LogP contribution in [0.15, 0.2) is 134 Å². The molecule has 1 saturated heterocycles. The van der Waals surface area contributed by atoms with Gasteiger partial charge in [0.25, 0.3) is 0 Å². The monoisotopic (exact) mass is 1100 g/mol. The van der Waals surface area contributed by atoms with Crippen LogP contribution in [0.25, 0.3) is 0 Å². The van der Waals surface area contributed by atoms with Gasteiger partial charge in [0, 0.05) is 12.8 Å². The quantitative estimate of drug-likeness (QED) is 0.0228. The molecule has 1 rings (SSSR count). The van der Waals surface area contributed by atoms with Crippen LogP contribution in [-0.4, -0.2) is 89.2 Å². The van der Waals surface area contributed by atoms with E-state index in [9.17, 15) is 34.5 Å². The van der Waals surface area contributed by atoms with Gasteiger partial charge in [-0.15, -0.1) is 0 Å². The number of aliphatic hydroxyl groups is 2. The lowest BCUT2D eigenvalue weighted by Crippen LogP contribution is -2.61. The minimum atomic E-state index is -1.95. The number of carboxylic acids is 1. The summed E-state index contributed by atoms with van der Waals surface area (Å²) in [5.74, 6) is -3.34. The van der Waals surface area contributed by atoms with E-state index in [1.807, 2.05) is 12.2 Å². The lowest BCUT2D eigenvalue weighted by Gasteiger charge is -2.40. The highest BCUT2D eigenvalue weighted by Gasteiger charge is 2.50. The van der Waals surface area contributed by atoms with Gasteiger partial charge >= 0.3 is 23.9 Å². The second-order valence-corrected chi connectivity index (χ2v) is 19.9. The Balaban J connectivity index is 2.77. The summed E-state index contributed by atoms with van der Waals surface area (Å²) in [5.41, 5.74) is 0. The van der Waals surface area contributed by atoms with E-state index in [-0.39, 0.29) is 25.9 Å². The summed E-state index contributed by atoms with van der Waals surface area (Å²) in [4.78, 5) is 51.1. The van der Waals surface area contributed by atoms with E-state index in [0.29, 0.717) is 19.3 Å². The Labute approximate surface area is 477 Å². The summed E-state index contributed by atoms with van der Waals surface area (Å²) in [6, 6.07) is 0. The Bertz CT molecular complexity index is 1880. The number of rotatable bonds is 49. The fourth-order valence-corrected chi connectivity index (χ4v) is 8.17. The summed E-state index contributed by atoms with van der Waals surface area (Å²) in [7, 11) is 0. The second-order valence-electron chi connectivity index (χ2n) is 19.9. The maximum atomic E-state index is 13.2. The van der Waals surface area contributed by atoms with Crippen molar-refractivity contribution in [1.29, 1.82) is 0 Å². The number of hydrogen-bond acceptors (Lipinski definition) is 11. The molecule has 1 aliphatic heterocycles. The number of ether oxygens (including phenoxy) is 5. The van der Waals surface area contributed by atoms with E-state index in [1.165, 1.54) is 19.3 Å². The van der Waals surface area contributed by atoms with Crippen LogP contribution < -0.4 is 0 Å². The number of carbonyl (C=O) groups excluding carboxylic acids is 3. The molecule has 0 aliphatic carbocycles. The van der Waals surface area contributed by atoms with Gasteiger partial charge in [-0.05, 0) is 116 Å². The van der Waals surface area contributed by atoms with Gasteiger partial charge < -0.3 is 39.0 Å². The van der Waals surface area contributed by atoms with Crippen molar-refractivity contribution in [2.75, 3.05) is 13.2 Å². The molecular formula is C67H104O12. The Hall–Kier alpha value is -5.14. The molecule has 0 amide bonds. The number of esters is 3. The van der Waals surface area contributed by atoms with Crippen molar-refractivity contribution in [3.63, 3.8) is 0 Å². The number of aliphatic carboxylic acids is 1. The van der Waals surface area contributed by atoms with Crippen LogP contribution >= 0.6 is 0 Å². The normalized spacial score (nSPS) is 18.8. The molecule has 444 valence electrons. The molecule has 0 aromatic carbocycles. The van der Waals surface area contributed by atoms with Gasteiger partial charge in [-0.25, -0.2) is 4.79 Å². The summed E-state index contributed by atoms with van der Waals surface area (Å²) >= 11 is 0.